The van der Waals surface area contributed by atoms with Crippen molar-refractivity contribution >= 4 is 0 Å². The minimum Gasteiger partial charge on any atom is -0.330 e. The average molecular weight is 247 g/mol. The Morgan fingerprint density at radius 2 is 1.44 bits per heavy atom. The highest BCUT2D eigenvalue weighted by atomic mass is 14.7. The zero-order valence-electron chi connectivity index (χ0n) is 12.1. The Bertz CT molecular complexity index is 331. The minimum absolute atomic E-state index is 0.590. The second-order valence-electron chi connectivity index (χ2n) is 8.71. The van der Waals surface area contributed by atoms with E-state index in [9.17, 15) is 0 Å². The molecule has 0 saturated heterocycles. The van der Waals surface area contributed by atoms with Gasteiger partial charge in [-0.25, -0.2) is 0 Å². The van der Waals surface area contributed by atoms with Gasteiger partial charge < -0.3 is 5.73 Å². The lowest BCUT2D eigenvalue weighted by molar-refractivity contribution is -0.0782. The summed E-state index contributed by atoms with van der Waals surface area (Å²) in [4.78, 5) is 0. The van der Waals surface area contributed by atoms with Crippen molar-refractivity contribution in [2.45, 2.75) is 58.8 Å². The van der Waals surface area contributed by atoms with Gasteiger partial charge in [0.05, 0.1) is 0 Å². The van der Waals surface area contributed by atoms with Crippen molar-refractivity contribution in [2.75, 3.05) is 6.54 Å². The van der Waals surface area contributed by atoms with Gasteiger partial charge >= 0.3 is 0 Å². The summed E-state index contributed by atoms with van der Waals surface area (Å²) in [5.74, 6) is 5.43. The van der Waals surface area contributed by atoms with Gasteiger partial charge in [0.2, 0.25) is 0 Å². The van der Waals surface area contributed by atoms with E-state index in [2.05, 4.69) is 13.8 Å². The maximum absolute atomic E-state index is 5.97. The average Bonchev–Trinajstić information content (AvgIpc) is 2.79. The van der Waals surface area contributed by atoms with E-state index >= 15 is 0 Å². The van der Waals surface area contributed by atoms with Gasteiger partial charge in [-0.1, -0.05) is 13.8 Å². The SMILES string of the molecule is CC1(C)CC1(CCN)C1C2CC3CC(C2)CC1C3. The Labute approximate surface area is 112 Å². The molecule has 5 saturated carbocycles. The van der Waals surface area contributed by atoms with E-state index < -0.39 is 0 Å². The summed E-state index contributed by atoms with van der Waals surface area (Å²) in [6, 6.07) is 0. The first-order chi connectivity index (χ1) is 8.56. The molecule has 0 aliphatic heterocycles. The third-order valence-electron chi connectivity index (χ3n) is 7.44. The smallest absolute Gasteiger partial charge is 0.00717 e. The third kappa shape index (κ3) is 1.38. The highest BCUT2D eigenvalue weighted by Crippen LogP contribution is 2.76. The molecule has 0 spiro atoms. The standard InChI is InChI=1S/C17H29N/c1-16(2)10-17(16,3-4-18)15-13-6-11-5-12(8-13)9-14(15)7-11/h11-15H,3-10,18H2,1-2H3. The van der Waals surface area contributed by atoms with Crippen LogP contribution in [0.2, 0.25) is 0 Å². The molecular weight excluding hydrogens is 218 g/mol. The fourth-order valence-corrected chi connectivity index (χ4v) is 6.99. The van der Waals surface area contributed by atoms with Crippen molar-refractivity contribution in [3.8, 4) is 0 Å². The first-order valence-electron chi connectivity index (χ1n) is 8.26. The lowest BCUT2D eigenvalue weighted by Crippen LogP contribution is -2.49. The molecule has 5 aliphatic carbocycles. The molecule has 0 aromatic heterocycles. The molecule has 1 atom stereocenters. The zero-order valence-corrected chi connectivity index (χ0v) is 12.1. The van der Waals surface area contributed by atoms with Gasteiger partial charge in [-0.15, -0.1) is 0 Å². The maximum atomic E-state index is 5.97. The van der Waals surface area contributed by atoms with E-state index in [0.29, 0.717) is 10.8 Å². The molecular formula is C17H29N. The Hall–Kier alpha value is -0.0400. The van der Waals surface area contributed by atoms with E-state index in [-0.39, 0.29) is 0 Å². The Balaban J connectivity index is 1.65. The fourth-order valence-electron chi connectivity index (χ4n) is 6.99. The molecule has 0 aromatic rings. The Morgan fingerprint density at radius 1 is 0.944 bits per heavy atom. The van der Waals surface area contributed by atoms with Crippen LogP contribution in [0, 0.1) is 40.4 Å². The fraction of sp³-hybridized carbons (Fsp3) is 1.00. The van der Waals surface area contributed by atoms with E-state index in [1.807, 2.05) is 0 Å². The third-order valence-corrected chi connectivity index (χ3v) is 7.44. The molecule has 0 heterocycles. The first-order valence-corrected chi connectivity index (χ1v) is 8.26. The summed E-state index contributed by atoms with van der Waals surface area (Å²) in [6.45, 7) is 5.92. The van der Waals surface area contributed by atoms with Crippen LogP contribution in [0.25, 0.3) is 0 Å². The minimum atomic E-state index is 0.590. The number of rotatable bonds is 3. The van der Waals surface area contributed by atoms with Crippen molar-refractivity contribution in [1.82, 2.24) is 0 Å². The first kappa shape index (κ1) is 11.8. The normalized spacial score (nSPS) is 55.8. The van der Waals surface area contributed by atoms with Gasteiger partial charge in [0, 0.05) is 0 Å². The quantitative estimate of drug-likeness (QED) is 0.806. The summed E-state index contributed by atoms with van der Waals surface area (Å²) < 4.78 is 0. The van der Waals surface area contributed by atoms with Crippen molar-refractivity contribution in [1.29, 1.82) is 0 Å². The van der Waals surface area contributed by atoms with Crippen molar-refractivity contribution < 1.29 is 0 Å². The second-order valence-corrected chi connectivity index (χ2v) is 8.71. The summed E-state index contributed by atoms with van der Waals surface area (Å²) >= 11 is 0. The number of nitrogens with two attached hydrogens (primary N) is 1. The van der Waals surface area contributed by atoms with Crippen LogP contribution in [-0.2, 0) is 0 Å². The molecule has 0 radical (unpaired) electrons. The molecule has 1 nitrogen and oxygen atoms in total. The van der Waals surface area contributed by atoms with Gasteiger partial charge in [0.25, 0.3) is 0 Å². The van der Waals surface area contributed by atoms with E-state index in [1.54, 1.807) is 32.1 Å². The highest BCUT2D eigenvalue weighted by Gasteiger charge is 2.68. The highest BCUT2D eigenvalue weighted by molar-refractivity contribution is 5.17. The predicted octanol–water partition coefficient (Wildman–Crippen LogP) is 3.82. The lowest BCUT2D eigenvalue weighted by atomic mass is 9.48. The summed E-state index contributed by atoms with van der Waals surface area (Å²) in [6.07, 6.45) is 10.6. The van der Waals surface area contributed by atoms with Crippen molar-refractivity contribution in [2.24, 2.45) is 46.2 Å². The molecule has 102 valence electrons. The van der Waals surface area contributed by atoms with Gasteiger partial charge in [-0.05, 0) is 91.9 Å². The second kappa shape index (κ2) is 3.53. The summed E-state index contributed by atoms with van der Waals surface area (Å²) in [5.41, 5.74) is 7.20. The summed E-state index contributed by atoms with van der Waals surface area (Å²) in [5, 5.41) is 0. The molecule has 0 amide bonds. The molecule has 5 rings (SSSR count). The predicted molar refractivity (Wildman–Crippen MR) is 75.0 cm³/mol. The van der Waals surface area contributed by atoms with E-state index in [0.717, 1.165) is 36.1 Å². The van der Waals surface area contributed by atoms with Gasteiger partial charge in [-0.2, -0.15) is 0 Å². The summed E-state index contributed by atoms with van der Waals surface area (Å²) in [7, 11) is 0. The van der Waals surface area contributed by atoms with E-state index in [1.165, 1.54) is 12.8 Å². The van der Waals surface area contributed by atoms with Crippen LogP contribution in [0.4, 0.5) is 0 Å². The number of hydrogen-bond donors (Lipinski definition) is 1. The molecule has 1 unspecified atom stereocenters. The topological polar surface area (TPSA) is 26.0 Å². The zero-order chi connectivity index (χ0) is 12.5. The largest absolute Gasteiger partial charge is 0.330 e. The maximum Gasteiger partial charge on any atom is -0.00717 e. The van der Waals surface area contributed by atoms with Crippen molar-refractivity contribution in [3.05, 3.63) is 0 Å². The molecule has 1 heteroatoms. The monoisotopic (exact) mass is 247 g/mol. The molecule has 5 fully saturated rings. The molecule has 0 aromatic carbocycles. The van der Waals surface area contributed by atoms with E-state index in [4.69, 9.17) is 5.73 Å². The Morgan fingerprint density at radius 3 is 1.83 bits per heavy atom. The molecule has 18 heavy (non-hydrogen) atoms. The molecule has 4 bridgehead atoms. The van der Waals surface area contributed by atoms with Crippen LogP contribution in [0.5, 0.6) is 0 Å². The van der Waals surface area contributed by atoms with Gasteiger partial charge in [0.15, 0.2) is 0 Å². The molecule has 5 aliphatic rings. The number of hydrogen-bond acceptors (Lipinski definition) is 1. The van der Waals surface area contributed by atoms with Crippen LogP contribution in [0.3, 0.4) is 0 Å². The van der Waals surface area contributed by atoms with Crippen LogP contribution < -0.4 is 5.73 Å². The lowest BCUT2D eigenvalue weighted by Gasteiger charge is -2.57. The van der Waals surface area contributed by atoms with Crippen LogP contribution in [0.1, 0.15) is 58.8 Å². The van der Waals surface area contributed by atoms with Crippen LogP contribution in [0.15, 0.2) is 0 Å². The van der Waals surface area contributed by atoms with Crippen LogP contribution >= 0.6 is 0 Å². The van der Waals surface area contributed by atoms with Gasteiger partial charge in [-0.3, -0.25) is 0 Å². The van der Waals surface area contributed by atoms with Crippen molar-refractivity contribution in [3.63, 3.8) is 0 Å². The Kier molecular flexibility index (Phi) is 2.31. The van der Waals surface area contributed by atoms with Gasteiger partial charge in [0.1, 0.15) is 0 Å². The van der Waals surface area contributed by atoms with Crippen LogP contribution in [-0.4, -0.2) is 6.54 Å². The molecule has 2 N–H and O–H groups in total.